The Bertz CT molecular complexity index is 632. The summed E-state index contributed by atoms with van der Waals surface area (Å²) in [5, 5.41) is 17.3. The molecule has 0 bridgehead atoms. The molecule has 1 aromatic carbocycles. The molecule has 7 heteroatoms. The van der Waals surface area contributed by atoms with Crippen molar-refractivity contribution in [2.24, 2.45) is 0 Å². The lowest BCUT2D eigenvalue weighted by Crippen LogP contribution is -2.34. The quantitative estimate of drug-likeness (QED) is 0.838. The van der Waals surface area contributed by atoms with Gasteiger partial charge in [0.2, 0.25) is 10.0 Å². The average molecular weight is 282 g/mol. The minimum Gasteiger partial charge on any atom is -0.481 e. The number of rotatable bonds is 5. The molecular weight excluding hydrogens is 268 g/mol. The smallest absolute Gasteiger partial charge is 0.304 e. The number of aliphatic carboxylic acids is 1. The van der Waals surface area contributed by atoms with Crippen LogP contribution in [0.5, 0.6) is 0 Å². The first-order valence-corrected chi connectivity index (χ1v) is 6.99. The second-order valence-electron chi connectivity index (χ2n) is 4.21. The summed E-state index contributed by atoms with van der Waals surface area (Å²) in [5.41, 5.74) is 0.809. The molecule has 0 saturated heterocycles. The molecule has 1 aromatic rings. The Morgan fingerprint density at radius 1 is 1.53 bits per heavy atom. The molecule has 0 radical (unpaired) electrons. The normalized spacial score (nSPS) is 12.7. The number of carboxylic acids is 1. The predicted octanol–water partition coefficient (Wildman–Crippen LogP) is 1.01. The third-order valence-electron chi connectivity index (χ3n) is 2.43. The number of nitrogens with zero attached hydrogens (tertiary/aromatic N) is 1. The Labute approximate surface area is 111 Å². The van der Waals surface area contributed by atoms with E-state index in [1.54, 1.807) is 6.92 Å². The zero-order valence-electron chi connectivity index (χ0n) is 10.5. The summed E-state index contributed by atoms with van der Waals surface area (Å²) in [4.78, 5) is 10.6. The van der Waals surface area contributed by atoms with Gasteiger partial charge in [0.05, 0.1) is 22.9 Å². The van der Waals surface area contributed by atoms with Gasteiger partial charge in [0, 0.05) is 6.04 Å². The highest BCUT2D eigenvalue weighted by Crippen LogP contribution is 2.17. The number of benzene rings is 1. The van der Waals surface area contributed by atoms with Crippen molar-refractivity contribution in [3.8, 4) is 6.07 Å². The van der Waals surface area contributed by atoms with Gasteiger partial charge in [0.1, 0.15) is 0 Å². The van der Waals surface area contributed by atoms with Crippen molar-refractivity contribution < 1.29 is 18.3 Å². The van der Waals surface area contributed by atoms with Crippen molar-refractivity contribution in [2.75, 3.05) is 0 Å². The number of sulfonamides is 1. The summed E-state index contributed by atoms with van der Waals surface area (Å²) in [6.45, 7) is 3.06. The fraction of sp³-hybridized carbons (Fsp3) is 0.333. The lowest BCUT2D eigenvalue weighted by Gasteiger charge is -2.13. The molecule has 0 aliphatic rings. The van der Waals surface area contributed by atoms with Crippen molar-refractivity contribution in [3.05, 3.63) is 29.3 Å². The highest BCUT2D eigenvalue weighted by atomic mass is 32.2. The van der Waals surface area contributed by atoms with Crippen LogP contribution in [0.25, 0.3) is 0 Å². The monoisotopic (exact) mass is 282 g/mol. The summed E-state index contributed by atoms with van der Waals surface area (Å²) < 4.78 is 26.4. The number of aryl methyl sites for hydroxylation is 1. The number of hydrogen-bond donors (Lipinski definition) is 2. The fourth-order valence-corrected chi connectivity index (χ4v) is 3.12. The van der Waals surface area contributed by atoms with E-state index in [9.17, 15) is 13.2 Å². The van der Waals surface area contributed by atoms with Crippen LogP contribution in [0.4, 0.5) is 0 Å². The van der Waals surface area contributed by atoms with Gasteiger partial charge < -0.3 is 5.11 Å². The van der Waals surface area contributed by atoms with Crippen molar-refractivity contribution in [2.45, 2.75) is 31.2 Å². The van der Waals surface area contributed by atoms with E-state index in [2.05, 4.69) is 4.72 Å². The molecule has 0 fully saturated rings. The number of nitrogens with one attached hydrogen (secondary N) is 1. The standard InChI is InChI=1S/C12H14N2O4S/c1-8-5-10(7-13)3-4-11(8)19(17,18)14-9(2)6-12(15)16/h3-5,9,14H,6H2,1-2H3,(H,15,16). The number of carboxylic acid groups (broad SMARTS) is 1. The van der Waals surface area contributed by atoms with Gasteiger partial charge in [0.15, 0.2) is 0 Å². The Balaban J connectivity index is 3.01. The molecule has 102 valence electrons. The van der Waals surface area contributed by atoms with E-state index in [1.165, 1.54) is 25.1 Å². The van der Waals surface area contributed by atoms with Gasteiger partial charge in [-0.2, -0.15) is 5.26 Å². The Kier molecular flexibility index (Phi) is 4.64. The summed E-state index contributed by atoms with van der Waals surface area (Å²) >= 11 is 0. The van der Waals surface area contributed by atoms with E-state index < -0.39 is 22.0 Å². The fourth-order valence-electron chi connectivity index (χ4n) is 1.65. The van der Waals surface area contributed by atoms with Crippen LogP contribution in [0.1, 0.15) is 24.5 Å². The second-order valence-corrected chi connectivity index (χ2v) is 5.89. The maximum Gasteiger partial charge on any atom is 0.304 e. The number of carbonyl (C=O) groups is 1. The van der Waals surface area contributed by atoms with Gasteiger partial charge in [-0.1, -0.05) is 0 Å². The molecule has 0 aliphatic carbocycles. The average Bonchev–Trinajstić information content (AvgIpc) is 2.26. The van der Waals surface area contributed by atoms with Crippen LogP contribution < -0.4 is 4.72 Å². The maximum absolute atomic E-state index is 12.1. The van der Waals surface area contributed by atoms with Crippen LogP contribution >= 0.6 is 0 Å². The first-order valence-electron chi connectivity index (χ1n) is 5.51. The Morgan fingerprint density at radius 3 is 2.63 bits per heavy atom. The summed E-state index contributed by atoms with van der Waals surface area (Å²) in [6.07, 6.45) is -0.297. The number of hydrogen-bond acceptors (Lipinski definition) is 4. The summed E-state index contributed by atoms with van der Waals surface area (Å²) in [7, 11) is -3.78. The molecule has 1 unspecified atom stereocenters. The largest absolute Gasteiger partial charge is 0.481 e. The molecule has 1 rings (SSSR count). The van der Waals surface area contributed by atoms with E-state index >= 15 is 0 Å². The van der Waals surface area contributed by atoms with Crippen molar-refractivity contribution in [3.63, 3.8) is 0 Å². The third kappa shape index (κ3) is 4.05. The van der Waals surface area contributed by atoms with E-state index in [0.29, 0.717) is 11.1 Å². The van der Waals surface area contributed by atoms with Gasteiger partial charge in [-0.3, -0.25) is 4.79 Å². The lowest BCUT2D eigenvalue weighted by molar-refractivity contribution is -0.137. The highest BCUT2D eigenvalue weighted by molar-refractivity contribution is 7.89. The minimum atomic E-state index is -3.78. The molecule has 0 aliphatic heterocycles. The zero-order chi connectivity index (χ0) is 14.6. The van der Waals surface area contributed by atoms with Crippen LogP contribution in [0.2, 0.25) is 0 Å². The van der Waals surface area contributed by atoms with Gasteiger partial charge in [-0.25, -0.2) is 13.1 Å². The second kappa shape index (κ2) is 5.82. The first-order chi connectivity index (χ1) is 8.76. The van der Waals surface area contributed by atoms with Gasteiger partial charge in [-0.15, -0.1) is 0 Å². The SMILES string of the molecule is Cc1cc(C#N)ccc1S(=O)(=O)NC(C)CC(=O)O. The Morgan fingerprint density at radius 2 is 2.16 bits per heavy atom. The van der Waals surface area contributed by atoms with E-state index in [1.807, 2.05) is 6.07 Å². The van der Waals surface area contributed by atoms with Crippen molar-refractivity contribution >= 4 is 16.0 Å². The summed E-state index contributed by atoms with van der Waals surface area (Å²) in [6, 6.07) is 5.42. The van der Waals surface area contributed by atoms with E-state index in [0.717, 1.165) is 0 Å². The zero-order valence-corrected chi connectivity index (χ0v) is 11.4. The molecule has 0 aromatic heterocycles. The van der Waals surface area contributed by atoms with E-state index in [-0.39, 0.29) is 11.3 Å². The molecule has 0 heterocycles. The van der Waals surface area contributed by atoms with Crippen LogP contribution in [-0.4, -0.2) is 25.5 Å². The lowest BCUT2D eigenvalue weighted by atomic mass is 10.2. The minimum absolute atomic E-state index is 0.0451. The first kappa shape index (κ1) is 15.1. The van der Waals surface area contributed by atoms with E-state index in [4.69, 9.17) is 10.4 Å². The van der Waals surface area contributed by atoms with Gasteiger partial charge in [-0.05, 0) is 37.6 Å². The van der Waals surface area contributed by atoms with Crippen LogP contribution in [0.15, 0.2) is 23.1 Å². The molecule has 0 saturated carbocycles. The topological polar surface area (TPSA) is 107 Å². The number of nitriles is 1. The molecule has 6 nitrogen and oxygen atoms in total. The van der Waals surface area contributed by atoms with Crippen molar-refractivity contribution in [1.82, 2.24) is 4.72 Å². The van der Waals surface area contributed by atoms with Crippen LogP contribution in [0, 0.1) is 18.3 Å². The van der Waals surface area contributed by atoms with Crippen LogP contribution in [-0.2, 0) is 14.8 Å². The Hall–Kier alpha value is -1.91. The predicted molar refractivity (Wildman–Crippen MR) is 67.9 cm³/mol. The molecule has 1 atom stereocenters. The van der Waals surface area contributed by atoms with Crippen molar-refractivity contribution in [1.29, 1.82) is 5.26 Å². The molecule has 0 amide bonds. The molecule has 0 spiro atoms. The van der Waals surface area contributed by atoms with Crippen LogP contribution in [0.3, 0.4) is 0 Å². The highest BCUT2D eigenvalue weighted by Gasteiger charge is 2.20. The molecular formula is C12H14N2O4S. The molecule has 19 heavy (non-hydrogen) atoms. The van der Waals surface area contributed by atoms with Gasteiger partial charge in [0.25, 0.3) is 0 Å². The third-order valence-corrected chi connectivity index (χ3v) is 4.18. The van der Waals surface area contributed by atoms with Gasteiger partial charge >= 0.3 is 5.97 Å². The molecule has 2 N–H and O–H groups in total. The summed E-state index contributed by atoms with van der Waals surface area (Å²) in [5.74, 6) is -1.08. The maximum atomic E-state index is 12.1.